The summed E-state index contributed by atoms with van der Waals surface area (Å²) in [6.07, 6.45) is 1.17. The van der Waals surface area contributed by atoms with Crippen LogP contribution in [0.3, 0.4) is 0 Å². The molecule has 1 atom stereocenters. The number of hydrogen-bond acceptors (Lipinski definition) is 3. The van der Waals surface area contributed by atoms with Crippen LogP contribution in [0.2, 0.25) is 0 Å². The molecule has 0 radical (unpaired) electrons. The fourth-order valence-electron chi connectivity index (χ4n) is 1.70. The fraction of sp³-hybridized carbons (Fsp3) is 0.429. The molecule has 1 aromatic rings. The van der Waals surface area contributed by atoms with Crippen LogP contribution < -0.4 is 5.32 Å². The van der Waals surface area contributed by atoms with Gasteiger partial charge in [-0.05, 0) is 37.1 Å². The molecule has 1 rings (SSSR count). The molecule has 0 aliphatic heterocycles. The largest absolute Gasteiger partial charge is 0.480 e. The number of amides is 1. The van der Waals surface area contributed by atoms with Crippen molar-refractivity contribution >= 4 is 39.6 Å². The van der Waals surface area contributed by atoms with Gasteiger partial charge < -0.3 is 10.4 Å². The zero-order chi connectivity index (χ0) is 15.1. The summed E-state index contributed by atoms with van der Waals surface area (Å²) in [4.78, 5) is 23.8. The molecule has 0 saturated carbocycles. The van der Waals surface area contributed by atoms with Crippen molar-refractivity contribution < 1.29 is 14.7 Å². The SMILES string of the molecule is CCC[C@H](NC(=O)CSc1ccc(Br)cc1C)C(=O)O. The average Bonchev–Trinajstić information content (AvgIpc) is 2.37. The lowest BCUT2D eigenvalue weighted by molar-refractivity contribution is -0.141. The first-order valence-corrected chi connectivity index (χ1v) is 8.13. The van der Waals surface area contributed by atoms with E-state index in [1.807, 2.05) is 32.0 Å². The van der Waals surface area contributed by atoms with Crippen LogP contribution in [-0.2, 0) is 9.59 Å². The molecule has 20 heavy (non-hydrogen) atoms. The van der Waals surface area contributed by atoms with Gasteiger partial charge in [0.05, 0.1) is 5.75 Å². The van der Waals surface area contributed by atoms with Gasteiger partial charge in [-0.3, -0.25) is 4.79 Å². The van der Waals surface area contributed by atoms with E-state index in [1.54, 1.807) is 0 Å². The van der Waals surface area contributed by atoms with Crippen LogP contribution >= 0.6 is 27.7 Å². The van der Waals surface area contributed by atoms with Crippen molar-refractivity contribution in [2.24, 2.45) is 0 Å². The Morgan fingerprint density at radius 2 is 2.15 bits per heavy atom. The zero-order valence-electron chi connectivity index (χ0n) is 11.5. The summed E-state index contributed by atoms with van der Waals surface area (Å²) in [6.45, 7) is 3.87. The summed E-state index contributed by atoms with van der Waals surface area (Å²) < 4.78 is 0.998. The number of nitrogens with one attached hydrogen (secondary N) is 1. The Morgan fingerprint density at radius 1 is 1.45 bits per heavy atom. The van der Waals surface area contributed by atoms with Crippen molar-refractivity contribution in [3.8, 4) is 0 Å². The van der Waals surface area contributed by atoms with E-state index >= 15 is 0 Å². The van der Waals surface area contributed by atoms with Gasteiger partial charge in [0.2, 0.25) is 5.91 Å². The molecular weight excluding hydrogens is 342 g/mol. The number of benzene rings is 1. The van der Waals surface area contributed by atoms with Gasteiger partial charge in [0.15, 0.2) is 0 Å². The van der Waals surface area contributed by atoms with Crippen LogP contribution in [0.4, 0.5) is 0 Å². The summed E-state index contributed by atoms with van der Waals surface area (Å²) >= 11 is 4.80. The molecular formula is C14H18BrNO3S. The molecule has 0 unspecified atom stereocenters. The second kappa shape index (κ2) is 8.32. The van der Waals surface area contributed by atoms with Gasteiger partial charge >= 0.3 is 5.97 Å². The van der Waals surface area contributed by atoms with Crippen LogP contribution in [0.15, 0.2) is 27.6 Å². The molecule has 0 heterocycles. The molecule has 1 amide bonds. The quantitative estimate of drug-likeness (QED) is 0.733. The number of rotatable bonds is 7. The highest BCUT2D eigenvalue weighted by Gasteiger charge is 2.18. The first kappa shape index (κ1) is 17.0. The van der Waals surface area contributed by atoms with Gasteiger partial charge in [-0.25, -0.2) is 4.79 Å². The minimum absolute atomic E-state index is 0.218. The van der Waals surface area contributed by atoms with Crippen LogP contribution in [0.5, 0.6) is 0 Å². The van der Waals surface area contributed by atoms with Crippen molar-refractivity contribution in [3.63, 3.8) is 0 Å². The number of aryl methyl sites for hydroxylation is 1. The van der Waals surface area contributed by atoms with Crippen LogP contribution in [0.1, 0.15) is 25.3 Å². The van der Waals surface area contributed by atoms with E-state index < -0.39 is 12.0 Å². The molecule has 0 aliphatic rings. The van der Waals surface area contributed by atoms with Crippen molar-refractivity contribution in [3.05, 3.63) is 28.2 Å². The highest BCUT2D eigenvalue weighted by molar-refractivity contribution is 9.10. The number of carbonyl (C=O) groups is 2. The van der Waals surface area contributed by atoms with E-state index in [-0.39, 0.29) is 11.7 Å². The summed E-state index contributed by atoms with van der Waals surface area (Å²) in [5.74, 6) is -1.01. The first-order valence-electron chi connectivity index (χ1n) is 6.35. The predicted molar refractivity (Wildman–Crippen MR) is 84.1 cm³/mol. The highest BCUT2D eigenvalue weighted by Crippen LogP contribution is 2.25. The number of thioether (sulfide) groups is 1. The molecule has 0 aromatic heterocycles. The van der Waals surface area contributed by atoms with Gasteiger partial charge in [0.1, 0.15) is 6.04 Å². The molecule has 6 heteroatoms. The van der Waals surface area contributed by atoms with E-state index in [4.69, 9.17) is 5.11 Å². The van der Waals surface area contributed by atoms with Crippen molar-refractivity contribution in [2.75, 3.05) is 5.75 Å². The monoisotopic (exact) mass is 359 g/mol. The highest BCUT2D eigenvalue weighted by atomic mass is 79.9. The normalized spacial score (nSPS) is 11.9. The lowest BCUT2D eigenvalue weighted by atomic mass is 10.2. The minimum atomic E-state index is -0.981. The molecule has 0 spiro atoms. The number of carboxylic acid groups (broad SMARTS) is 1. The topological polar surface area (TPSA) is 66.4 Å². The number of carbonyl (C=O) groups excluding carboxylic acids is 1. The molecule has 0 aliphatic carbocycles. The third kappa shape index (κ3) is 5.54. The standard InChI is InChI=1S/C14H18BrNO3S/c1-3-4-11(14(18)19)16-13(17)8-20-12-6-5-10(15)7-9(12)2/h5-7,11H,3-4,8H2,1-2H3,(H,16,17)(H,18,19)/t11-/m0/s1. The van der Waals surface area contributed by atoms with Crippen molar-refractivity contribution in [1.29, 1.82) is 0 Å². The smallest absolute Gasteiger partial charge is 0.326 e. The lowest BCUT2D eigenvalue weighted by Crippen LogP contribution is -2.41. The molecule has 4 nitrogen and oxygen atoms in total. The number of halogens is 1. The Hall–Kier alpha value is -1.01. The van der Waals surface area contributed by atoms with Gasteiger partial charge in [-0.15, -0.1) is 11.8 Å². The van der Waals surface area contributed by atoms with Gasteiger partial charge in [0, 0.05) is 9.37 Å². The second-order valence-electron chi connectivity index (χ2n) is 4.45. The molecule has 1 aromatic carbocycles. The van der Waals surface area contributed by atoms with E-state index in [1.165, 1.54) is 11.8 Å². The van der Waals surface area contributed by atoms with E-state index in [9.17, 15) is 9.59 Å². The van der Waals surface area contributed by atoms with E-state index in [0.29, 0.717) is 6.42 Å². The molecule has 2 N–H and O–H groups in total. The van der Waals surface area contributed by atoms with Crippen molar-refractivity contribution in [1.82, 2.24) is 5.32 Å². The zero-order valence-corrected chi connectivity index (χ0v) is 13.9. The maximum Gasteiger partial charge on any atom is 0.326 e. The van der Waals surface area contributed by atoms with Gasteiger partial charge in [-0.2, -0.15) is 0 Å². The summed E-state index contributed by atoms with van der Waals surface area (Å²) in [5.41, 5.74) is 1.08. The number of carboxylic acids is 1. The van der Waals surface area contributed by atoms with E-state index in [0.717, 1.165) is 21.4 Å². The van der Waals surface area contributed by atoms with Crippen LogP contribution in [-0.4, -0.2) is 28.8 Å². The fourth-order valence-corrected chi connectivity index (χ4v) is 3.00. The summed E-state index contributed by atoms with van der Waals surface area (Å²) in [7, 11) is 0. The Kier molecular flexibility index (Phi) is 7.09. The van der Waals surface area contributed by atoms with Crippen molar-refractivity contribution in [2.45, 2.75) is 37.6 Å². The Labute approximate surface area is 131 Å². The van der Waals surface area contributed by atoms with Gasteiger partial charge in [0.25, 0.3) is 0 Å². The Balaban J connectivity index is 2.52. The van der Waals surface area contributed by atoms with E-state index in [2.05, 4.69) is 21.2 Å². The van der Waals surface area contributed by atoms with Crippen LogP contribution in [0, 0.1) is 6.92 Å². The molecule has 110 valence electrons. The first-order chi connectivity index (χ1) is 9.43. The summed E-state index contributed by atoms with van der Waals surface area (Å²) in [6, 6.07) is 5.05. The average molecular weight is 360 g/mol. The maximum absolute atomic E-state index is 11.8. The number of aliphatic carboxylic acids is 1. The van der Waals surface area contributed by atoms with Gasteiger partial charge in [-0.1, -0.05) is 29.3 Å². The molecule has 0 fully saturated rings. The molecule has 0 bridgehead atoms. The minimum Gasteiger partial charge on any atom is -0.480 e. The summed E-state index contributed by atoms with van der Waals surface area (Å²) in [5, 5.41) is 11.5. The Morgan fingerprint density at radius 3 is 2.70 bits per heavy atom. The maximum atomic E-state index is 11.8. The Bertz CT molecular complexity index is 493. The predicted octanol–water partition coefficient (Wildman–Crippen LogP) is 3.22. The number of hydrogen-bond donors (Lipinski definition) is 2. The van der Waals surface area contributed by atoms with Crippen LogP contribution in [0.25, 0.3) is 0 Å². The third-order valence-electron chi connectivity index (χ3n) is 2.71. The third-order valence-corrected chi connectivity index (χ3v) is 4.38. The molecule has 0 saturated heterocycles. The second-order valence-corrected chi connectivity index (χ2v) is 6.38. The lowest BCUT2D eigenvalue weighted by Gasteiger charge is -2.13.